The molecule has 1 saturated heterocycles. The fourth-order valence-corrected chi connectivity index (χ4v) is 5.71. The van der Waals surface area contributed by atoms with Crippen LogP contribution in [0.1, 0.15) is 57.9 Å². The number of benzene rings is 1. The van der Waals surface area contributed by atoms with Gasteiger partial charge in [0.05, 0.1) is 11.9 Å². The van der Waals surface area contributed by atoms with Gasteiger partial charge in [-0.25, -0.2) is 9.37 Å². The van der Waals surface area contributed by atoms with Crippen LogP contribution >= 0.6 is 12.2 Å². The minimum absolute atomic E-state index is 0.00143. The number of rotatable bonds is 5. The molecule has 172 valence electrons. The van der Waals surface area contributed by atoms with Crippen molar-refractivity contribution in [1.29, 1.82) is 0 Å². The van der Waals surface area contributed by atoms with Crippen LogP contribution in [0, 0.1) is 17.7 Å². The summed E-state index contributed by atoms with van der Waals surface area (Å²) >= 11 is 5.59. The highest BCUT2D eigenvalue weighted by Crippen LogP contribution is 2.39. The van der Waals surface area contributed by atoms with E-state index in [1.165, 1.54) is 31.2 Å². The molecular formula is C26H35FN4S. The van der Waals surface area contributed by atoms with Gasteiger partial charge in [-0.2, -0.15) is 0 Å². The van der Waals surface area contributed by atoms with Crippen molar-refractivity contribution in [3.63, 3.8) is 0 Å². The van der Waals surface area contributed by atoms with Gasteiger partial charge in [-0.15, -0.1) is 0 Å². The third-order valence-corrected chi connectivity index (χ3v) is 7.30. The molecule has 0 unspecified atom stereocenters. The Kier molecular flexibility index (Phi) is 7.29. The molecule has 2 aromatic rings. The van der Waals surface area contributed by atoms with Crippen LogP contribution in [0.5, 0.6) is 0 Å². The van der Waals surface area contributed by atoms with Crippen molar-refractivity contribution in [3.8, 4) is 0 Å². The Morgan fingerprint density at radius 2 is 1.75 bits per heavy atom. The van der Waals surface area contributed by atoms with Crippen molar-refractivity contribution < 1.29 is 4.39 Å². The van der Waals surface area contributed by atoms with Crippen LogP contribution in [-0.2, 0) is 5.41 Å². The molecule has 2 atom stereocenters. The number of nitrogens with one attached hydrogen (secondary N) is 2. The highest BCUT2D eigenvalue weighted by Gasteiger charge is 2.34. The second-order valence-corrected chi connectivity index (χ2v) is 10.3. The lowest BCUT2D eigenvalue weighted by molar-refractivity contribution is 0.292. The average Bonchev–Trinajstić information content (AvgIpc) is 2.79. The Bertz CT molecular complexity index is 883. The van der Waals surface area contributed by atoms with Crippen LogP contribution < -0.4 is 15.5 Å². The zero-order valence-corrected chi connectivity index (χ0v) is 20.1. The lowest BCUT2D eigenvalue weighted by atomic mass is 9.69. The lowest BCUT2D eigenvalue weighted by Gasteiger charge is -2.38. The number of hydrogen-bond donors (Lipinski definition) is 2. The summed E-state index contributed by atoms with van der Waals surface area (Å²) in [5.74, 6) is 2.24. The molecule has 2 aliphatic rings. The van der Waals surface area contributed by atoms with E-state index < -0.39 is 0 Å². The van der Waals surface area contributed by atoms with E-state index in [4.69, 9.17) is 12.2 Å². The summed E-state index contributed by atoms with van der Waals surface area (Å²) in [5.41, 5.74) is 2.09. The Balaban J connectivity index is 1.36. The van der Waals surface area contributed by atoms with Gasteiger partial charge in [-0.1, -0.05) is 45.2 Å². The molecule has 32 heavy (non-hydrogen) atoms. The number of thiocarbonyl (C=S) groups is 1. The van der Waals surface area contributed by atoms with Gasteiger partial charge < -0.3 is 15.5 Å². The first-order valence-electron chi connectivity index (χ1n) is 12.0. The minimum atomic E-state index is -0.186. The van der Waals surface area contributed by atoms with Crippen molar-refractivity contribution in [1.82, 2.24) is 10.3 Å². The van der Waals surface area contributed by atoms with Crippen molar-refractivity contribution in [2.24, 2.45) is 11.8 Å². The smallest absolute Gasteiger partial charge is 0.170 e. The van der Waals surface area contributed by atoms with Gasteiger partial charge in [0.1, 0.15) is 11.6 Å². The predicted octanol–water partition coefficient (Wildman–Crippen LogP) is 5.89. The van der Waals surface area contributed by atoms with E-state index in [9.17, 15) is 4.39 Å². The maximum atomic E-state index is 13.5. The third kappa shape index (κ3) is 5.58. The predicted molar refractivity (Wildman–Crippen MR) is 135 cm³/mol. The molecule has 0 spiro atoms. The molecular weight excluding hydrogens is 419 g/mol. The molecule has 1 aromatic heterocycles. The minimum Gasteiger partial charge on any atom is -0.362 e. The Morgan fingerprint density at radius 3 is 2.38 bits per heavy atom. The zero-order valence-electron chi connectivity index (χ0n) is 19.2. The van der Waals surface area contributed by atoms with Crippen LogP contribution in [0.2, 0.25) is 0 Å². The van der Waals surface area contributed by atoms with Gasteiger partial charge in [0.15, 0.2) is 5.11 Å². The molecule has 1 aliphatic heterocycles. The van der Waals surface area contributed by atoms with Crippen LogP contribution in [0.25, 0.3) is 0 Å². The standard InChI is InChI=1S/C26H35FN4S/c1-19-14-20(2)17-31(16-19)24-11-10-23(15-28-24)30-25(32)29-18-26(12-4-3-5-13-26)21-6-8-22(27)9-7-21/h6-11,15,19-20H,3-5,12-14,16-18H2,1-2H3,(H2,29,30,32)/t19-,20-/m1/s1. The Labute approximate surface area is 197 Å². The van der Waals surface area contributed by atoms with Gasteiger partial charge in [0, 0.05) is 25.0 Å². The SMILES string of the molecule is C[C@@H]1C[C@@H](C)CN(c2ccc(NC(=S)NCC3(c4ccc(F)cc4)CCCCC3)cn2)C1. The van der Waals surface area contributed by atoms with Crippen LogP contribution in [0.3, 0.4) is 0 Å². The first-order chi connectivity index (χ1) is 15.4. The van der Waals surface area contributed by atoms with Crippen molar-refractivity contribution in [3.05, 3.63) is 54.0 Å². The molecule has 4 nitrogen and oxygen atoms in total. The summed E-state index contributed by atoms with van der Waals surface area (Å²) in [5, 5.41) is 7.32. The summed E-state index contributed by atoms with van der Waals surface area (Å²) in [4.78, 5) is 7.07. The van der Waals surface area contributed by atoms with E-state index in [2.05, 4.69) is 46.5 Å². The van der Waals surface area contributed by atoms with Gasteiger partial charge in [-0.3, -0.25) is 0 Å². The maximum Gasteiger partial charge on any atom is 0.170 e. The topological polar surface area (TPSA) is 40.2 Å². The Morgan fingerprint density at radius 1 is 1.06 bits per heavy atom. The fourth-order valence-electron chi connectivity index (χ4n) is 5.52. The van der Waals surface area contributed by atoms with Crippen molar-refractivity contribution in [2.75, 3.05) is 29.9 Å². The summed E-state index contributed by atoms with van der Waals surface area (Å²) in [7, 11) is 0. The van der Waals surface area contributed by atoms with Gasteiger partial charge in [-0.05, 0) is 73.1 Å². The molecule has 2 heterocycles. The summed E-state index contributed by atoms with van der Waals surface area (Å²) in [6.07, 6.45) is 8.99. The average molecular weight is 455 g/mol. The Hall–Kier alpha value is -2.21. The molecule has 2 N–H and O–H groups in total. The largest absolute Gasteiger partial charge is 0.362 e. The van der Waals surface area contributed by atoms with Crippen LogP contribution in [0.15, 0.2) is 42.6 Å². The number of nitrogens with zero attached hydrogens (tertiary/aromatic N) is 2. The molecule has 4 rings (SSSR count). The van der Waals surface area contributed by atoms with E-state index in [-0.39, 0.29) is 11.2 Å². The van der Waals surface area contributed by atoms with E-state index in [1.807, 2.05) is 18.3 Å². The molecule has 0 radical (unpaired) electrons. The van der Waals surface area contributed by atoms with E-state index in [0.29, 0.717) is 16.9 Å². The van der Waals surface area contributed by atoms with E-state index >= 15 is 0 Å². The third-order valence-electron chi connectivity index (χ3n) is 7.05. The number of hydrogen-bond acceptors (Lipinski definition) is 3. The lowest BCUT2D eigenvalue weighted by Crippen LogP contribution is -2.43. The summed E-state index contributed by atoms with van der Waals surface area (Å²) < 4.78 is 13.5. The number of halogens is 1. The second-order valence-electron chi connectivity index (χ2n) is 9.91. The van der Waals surface area contributed by atoms with Crippen LogP contribution in [0.4, 0.5) is 15.9 Å². The first kappa shape index (κ1) is 23.0. The van der Waals surface area contributed by atoms with Gasteiger partial charge in [0.2, 0.25) is 0 Å². The summed E-state index contributed by atoms with van der Waals surface area (Å²) in [6, 6.07) is 11.1. The molecule has 1 aromatic carbocycles. The first-order valence-corrected chi connectivity index (χ1v) is 12.4. The molecule has 0 amide bonds. The number of piperidine rings is 1. The zero-order chi connectivity index (χ0) is 22.6. The highest BCUT2D eigenvalue weighted by molar-refractivity contribution is 7.80. The molecule has 0 bridgehead atoms. The molecule has 1 aliphatic carbocycles. The quantitative estimate of drug-likeness (QED) is 0.551. The fraction of sp³-hybridized carbons (Fsp3) is 0.538. The highest BCUT2D eigenvalue weighted by atomic mass is 32.1. The molecule has 2 fully saturated rings. The molecule has 1 saturated carbocycles. The summed E-state index contributed by atoms with van der Waals surface area (Å²) in [6.45, 7) is 7.51. The number of aromatic nitrogens is 1. The normalized spacial score (nSPS) is 22.9. The monoisotopic (exact) mass is 454 g/mol. The second kappa shape index (κ2) is 10.2. The van der Waals surface area contributed by atoms with E-state index in [0.717, 1.165) is 44.0 Å². The maximum absolute atomic E-state index is 13.5. The van der Waals surface area contributed by atoms with Gasteiger partial charge in [0.25, 0.3) is 0 Å². The number of pyridine rings is 1. The van der Waals surface area contributed by atoms with Gasteiger partial charge >= 0.3 is 0 Å². The van der Waals surface area contributed by atoms with Crippen molar-refractivity contribution >= 4 is 28.8 Å². The van der Waals surface area contributed by atoms with Crippen molar-refractivity contribution in [2.45, 2.75) is 57.8 Å². The van der Waals surface area contributed by atoms with E-state index in [1.54, 1.807) is 12.1 Å². The number of anilines is 2. The van der Waals surface area contributed by atoms with Crippen LogP contribution in [-0.4, -0.2) is 29.7 Å². The molecule has 6 heteroatoms.